The maximum Gasteiger partial charge on any atom is 0.244 e. The van der Waals surface area contributed by atoms with Crippen LogP contribution in [0.2, 0.25) is 0 Å². The van der Waals surface area contributed by atoms with Gasteiger partial charge in [-0.15, -0.1) is 0 Å². The largest absolute Gasteiger partial charge is 0.486 e. The van der Waals surface area contributed by atoms with E-state index in [1.165, 1.54) is 42.2 Å². The quantitative estimate of drug-likeness (QED) is 0.435. The highest BCUT2D eigenvalue weighted by Gasteiger charge is 2.33. The molecule has 0 radical (unpaired) electrons. The number of rotatable bonds is 12. The van der Waals surface area contributed by atoms with E-state index < -0.39 is 34.3 Å². The Balaban J connectivity index is 1.97. The van der Waals surface area contributed by atoms with Gasteiger partial charge in [-0.3, -0.25) is 13.9 Å². The fourth-order valence-electron chi connectivity index (χ4n) is 4.05. The van der Waals surface area contributed by atoms with Gasteiger partial charge in [0, 0.05) is 18.7 Å². The minimum absolute atomic E-state index is 0.00664. The number of halogens is 1. The van der Waals surface area contributed by atoms with E-state index in [1.807, 2.05) is 13.8 Å². The number of ether oxygens (including phenoxy) is 2. The molecule has 1 heterocycles. The summed E-state index contributed by atoms with van der Waals surface area (Å²) in [7, 11) is -3.88. The van der Waals surface area contributed by atoms with Gasteiger partial charge in [-0.2, -0.15) is 0 Å². The Morgan fingerprint density at radius 3 is 2.26 bits per heavy atom. The topological polar surface area (TPSA) is 105 Å². The van der Waals surface area contributed by atoms with Crippen LogP contribution >= 0.6 is 0 Å². The number of hydrogen-bond donors (Lipinski definition) is 1. The Bertz CT molecular complexity index is 1220. The summed E-state index contributed by atoms with van der Waals surface area (Å²) in [6, 6.07) is 9.38. The molecule has 0 aliphatic carbocycles. The van der Waals surface area contributed by atoms with Crippen LogP contribution in [-0.2, 0) is 26.2 Å². The van der Waals surface area contributed by atoms with Crippen molar-refractivity contribution in [2.75, 3.05) is 29.8 Å². The summed E-state index contributed by atoms with van der Waals surface area (Å²) < 4.78 is 52.0. The zero-order valence-corrected chi connectivity index (χ0v) is 23.1. The summed E-state index contributed by atoms with van der Waals surface area (Å²) in [5.74, 6) is -0.676. The number of anilines is 1. The Hall–Kier alpha value is -3.34. The smallest absolute Gasteiger partial charge is 0.244 e. The average Bonchev–Trinajstić information content (AvgIpc) is 2.92. The molecular weight excluding hydrogens is 513 g/mol. The van der Waals surface area contributed by atoms with E-state index in [2.05, 4.69) is 5.32 Å². The van der Waals surface area contributed by atoms with Crippen LogP contribution in [-0.4, -0.2) is 62.7 Å². The van der Waals surface area contributed by atoms with Gasteiger partial charge in [-0.1, -0.05) is 26.0 Å². The first-order valence-corrected chi connectivity index (χ1v) is 14.4. The Morgan fingerprint density at radius 2 is 1.66 bits per heavy atom. The molecule has 9 nitrogen and oxygen atoms in total. The van der Waals surface area contributed by atoms with Gasteiger partial charge >= 0.3 is 0 Å². The molecule has 3 rings (SSSR count). The number of nitrogens with zero attached hydrogens (tertiary/aromatic N) is 2. The molecule has 0 fully saturated rings. The molecule has 0 saturated heterocycles. The molecule has 0 spiro atoms. The van der Waals surface area contributed by atoms with E-state index in [0.717, 1.165) is 4.31 Å². The van der Waals surface area contributed by atoms with E-state index in [9.17, 15) is 22.4 Å². The summed E-state index contributed by atoms with van der Waals surface area (Å²) in [4.78, 5) is 28.4. The Labute approximate surface area is 224 Å². The Kier molecular flexibility index (Phi) is 9.96. The highest BCUT2D eigenvalue weighted by Crippen LogP contribution is 2.35. The molecule has 2 amide bonds. The zero-order valence-electron chi connectivity index (χ0n) is 22.3. The highest BCUT2D eigenvalue weighted by atomic mass is 32.2. The monoisotopic (exact) mass is 549 g/mol. The molecule has 0 bridgehead atoms. The van der Waals surface area contributed by atoms with Crippen LogP contribution < -0.4 is 19.1 Å². The van der Waals surface area contributed by atoms with Crippen LogP contribution in [0.3, 0.4) is 0 Å². The van der Waals surface area contributed by atoms with E-state index >= 15 is 0 Å². The third-order valence-corrected chi connectivity index (χ3v) is 8.19. The maximum atomic E-state index is 13.8. The van der Waals surface area contributed by atoms with Crippen molar-refractivity contribution in [2.24, 2.45) is 0 Å². The summed E-state index contributed by atoms with van der Waals surface area (Å²) in [5.41, 5.74) is 0.863. The van der Waals surface area contributed by atoms with Crippen LogP contribution in [0.15, 0.2) is 42.5 Å². The van der Waals surface area contributed by atoms with Crippen molar-refractivity contribution in [2.45, 2.75) is 59.2 Å². The fourth-order valence-corrected chi connectivity index (χ4v) is 5.11. The van der Waals surface area contributed by atoms with Crippen molar-refractivity contribution in [1.82, 2.24) is 10.2 Å². The SMILES string of the molecule is CC[C@H](C)NC(=O)[C@H](CC)N(Cc1ccc(F)cc1)C(=O)CN(c1ccc2c(c1)OCCO2)S(=O)(=O)CC. The normalized spacial score (nSPS) is 14.3. The van der Waals surface area contributed by atoms with E-state index in [-0.39, 0.29) is 29.9 Å². The number of carbonyl (C=O) groups excluding carboxylic acids is 2. The van der Waals surface area contributed by atoms with Crippen LogP contribution in [0.4, 0.5) is 10.1 Å². The van der Waals surface area contributed by atoms with Crippen molar-refractivity contribution in [3.8, 4) is 11.5 Å². The zero-order chi connectivity index (χ0) is 27.9. The lowest BCUT2D eigenvalue weighted by Crippen LogP contribution is -2.53. The van der Waals surface area contributed by atoms with E-state index in [4.69, 9.17) is 9.47 Å². The van der Waals surface area contributed by atoms with Gasteiger partial charge in [0.25, 0.3) is 0 Å². The minimum atomic E-state index is -3.88. The van der Waals surface area contributed by atoms with Gasteiger partial charge in [0.05, 0.1) is 11.4 Å². The molecule has 1 aliphatic heterocycles. The predicted octanol–water partition coefficient (Wildman–Crippen LogP) is 3.48. The van der Waals surface area contributed by atoms with Gasteiger partial charge in [0.2, 0.25) is 21.8 Å². The number of carbonyl (C=O) groups is 2. The van der Waals surface area contributed by atoms with Crippen molar-refractivity contribution >= 4 is 27.5 Å². The lowest BCUT2D eigenvalue weighted by atomic mass is 10.1. The molecule has 38 heavy (non-hydrogen) atoms. The van der Waals surface area contributed by atoms with Gasteiger partial charge in [0.1, 0.15) is 31.6 Å². The van der Waals surface area contributed by atoms with Crippen LogP contribution in [0, 0.1) is 5.82 Å². The average molecular weight is 550 g/mol. The number of hydrogen-bond acceptors (Lipinski definition) is 6. The highest BCUT2D eigenvalue weighted by molar-refractivity contribution is 7.92. The molecule has 2 aromatic rings. The molecule has 1 N–H and O–H groups in total. The van der Waals surface area contributed by atoms with Gasteiger partial charge < -0.3 is 19.7 Å². The van der Waals surface area contributed by atoms with Crippen molar-refractivity contribution < 1.29 is 31.9 Å². The first-order chi connectivity index (χ1) is 18.1. The van der Waals surface area contributed by atoms with Crippen molar-refractivity contribution in [3.63, 3.8) is 0 Å². The second-order valence-corrected chi connectivity index (χ2v) is 11.3. The molecule has 2 aromatic carbocycles. The van der Waals surface area contributed by atoms with Crippen LogP contribution in [0.25, 0.3) is 0 Å². The molecule has 208 valence electrons. The third kappa shape index (κ3) is 7.15. The van der Waals surface area contributed by atoms with Crippen molar-refractivity contribution in [3.05, 3.63) is 53.8 Å². The molecule has 11 heteroatoms. The van der Waals surface area contributed by atoms with Crippen molar-refractivity contribution in [1.29, 1.82) is 0 Å². The number of amides is 2. The molecular formula is C27H36FN3O6S. The number of fused-ring (bicyclic) bond motifs is 1. The predicted molar refractivity (Wildman–Crippen MR) is 143 cm³/mol. The lowest BCUT2D eigenvalue weighted by Gasteiger charge is -2.33. The van der Waals surface area contributed by atoms with Gasteiger partial charge in [-0.05, 0) is 56.5 Å². The summed E-state index contributed by atoms with van der Waals surface area (Å²) in [6.45, 7) is 7.28. The maximum absolute atomic E-state index is 13.8. The first-order valence-electron chi connectivity index (χ1n) is 12.8. The van der Waals surface area contributed by atoms with E-state index in [0.29, 0.717) is 43.1 Å². The summed E-state index contributed by atoms with van der Waals surface area (Å²) in [6.07, 6.45) is 1.01. The number of benzene rings is 2. The summed E-state index contributed by atoms with van der Waals surface area (Å²) >= 11 is 0. The molecule has 1 aliphatic rings. The van der Waals surface area contributed by atoms with Crippen LogP contribution in [0.5, 0.6) is 11.5 Å². The molecule has 0 saturated carbocycles. The Morgan fingerprint density at radius 1 is 1.00 bits per heavy atom. The molecule has 0 unspecified atom stereocenters. The molecule has 2 atom stereocenters. The van der Waals surface area contributed by atoms with E-state index in [1.54, 1.807) is 19.1 Å². The standard InChI is InChI=1S/C27H36FN3O6S/c1-5-19(4)29-27(33)23(6-2)30(17-20-8-10-21(28)11-9-20)26(32)18-31(38(34,35)7-3)22-12-13-24-25(16-22)37-15-14-36-24/h8-13,16,19,23H,5-7,14-15,17-18H2,1-4H3,(H,29,33)/t19-,23-/m0/s1. The second-order valence-electron chi connectivity index (χ2n) is 9.13. The third-order valence-electron chi connectivity index (χ3n) is 6.45. The number of sulfonamides is 1. The summed E-state index contributed by atoms with van der Waals surface area (Å²) in [5, 5.41) is 2.92. The second kappa shape index (κ2) is 12.9. The first kappa shape index (κ1) is 29.2. The number of nitrogens with one attached hydrogen (secondary N) is 1. The lowest BCUT2D eigenvalue weighted by molar-refractivity contribution is -0.140. The molecule has 0 aromatic heterocycles. The van der Waals surface area contributed by atoms with Gasteiger partial charge in [0.15, 0.2) is 11.5 Å². The minimum Gasteiger partial charge on any atom is -0.486 e. The fraction of sp³-hybridized carbons (Fsp3) is 0.481. The van der Waals surface area contributed by atoms with Crippen LogP contribution in [0.1, 0.15) is 46.1 Å². The van der Waals surface area contributed by atoms with Gasteiger partial charge in [-0.25, -0.2) is 12.8 Å².